The number of anilines is 1. The molecule has 2 aliphatic heterocycles. The Labute approximate surface area is 94.4 Å². The van der Waals surface area contributed by atoms with Gasteiger partial charge in [-0.1, -0.05) is 0 Å². The van der Waals surface area contributed by atoms with Crippen molar-refractivity contribution in [1.82, 2.24) is 9.97 Å². The summed E-state index contributed by atoms with van der Waals surface area (Å²) in [5.41, 5.74) is 1.33. The van der Waals surface area contributed by atoms with Crippen LogP contribution in [0.4, 0.5) is 5.95 Å². The van der Waals surface area contributed by atoms with Crippen molar-refractivity contribution in [2.24, 2.45) is 5.41 Å². The molecule has 16 heavy (non-hydrogen) atoms. The molecule has 2 fully saturated rings. The van der Waals surface area contributed by atoms with Crippen LogP contribution in [0.25, 0.3) is 0 Å². The van der Waals surface area contributed by atoms with E-state index in [1.807, 2.05) is 6.07 Å². The van der Waals surface area contributed by atoms with Gasteiger partial charge in [-0.3, -0.25) is 0 Å². The highest BCUT2D eigenvalue weighted by molar-refractivity contribution is 5.37. The normalized spacial score (nSPS) is 21.7. The predicted octanol–water partition coefficient (Wildman–Crippen LogP) is 0.460. The predicted molar refractivity (Wildman–Crippen MR) is 58.2 cm³/mol. The highest BCUT2D eigenvalue weighted by Gasteiger charge is 2.49. The third-order valence-electron chi connectivity index (χ3n) is 3.14. The van der Waals surface area contributed by atoms with E-state index in [1.54, 1.807) is 13.3 Å². The average molecular weight is 221 g/mol. The Kier molecular flexibility index (Phi) is 2.29. The number of nitrogens with zero attached hydrogens (tertiary/aromatic N) is 3. The highest BCUT2D eigenvalue weighted by atomic mass is 16.5. The molecular formula is C11H15N3O2. The van der Waals surface area contributed by atoms with Gasteiger partial charge in [0.05, 0.1) is 30.9 Å². The van der Waals surface area contributed by atoms with Gasteiger partial charge in [0.1, 0.15) is 0 Å². The topological polar surface area (TPSA) is 47.5 Å². The third kappa shape index (κ3) is 1.56. The molecular weight excluding hydrogens is 206 g/mol. The first kappa shape index (κ1) is 9.99. The molecule has 0 aromatic carbocycles. The van der Waals surface area contributed by atoms with E-state index in [0.29, 0.717) is 12.0 Å². The van der Waals surface area contributed by atoms with E-state index in [2.05, 4.69) is 14.9 Å². The van der Waals surface area contributed by atoms with Gasteiger partial charge in [-0.05, 0) is 6.07 Å². The van der Waals surface area contributed by atoms with Crippen LogP contribution in [-0.2, 0) is 16.1 Å². The fraction of sp³-hybridized carbons (Fsp3) is 0.636. The number of aromatic nitrogens is 2. The van der Waals surface area contributed by atoms with Gasteiger partial charge in [-0.25, -0.2) is 9.97 Å². The highest BCUT2D eigenvalue weighted by Crippen LogP contribution is 2.38. The molecule has 1 aromatic heterocycles. The molecule has 1 aromatic rings. The van der Waals surface area contributed by atoms with Crippen molar-refractivity contribution in [3.8, 4) is 0 Å². The second kappa shape index (κ2) is 3.68. The fourth-order valence-electron chi connectivity index (χ4n) is 2.24. The molecule has 5 heteroatoms. The Morgan fingerprint density at radius 3 is 2.94 bits per heavy atom. The van der Waals surface area contributed by atoms with Crippen LogP contribution < -0.4 is 4.90 Å². The summed E-state index contributed by atoms with van der Waals surface area (Å²) in [6, 6.07) is 1.88. The third-order valence-corrected chi connectivity index (χ3v) is 3.14. The van der Waals surface area contributed by atoms with Crippen molar-refractivity contribution in [1.29, 1.82) is 0 Å². The summed E-state index contributed by atoms with van der Waals surface area (Å²) in [6.07, 6.45) is 1.79. The molecule has 0 unspecified atom stereocenters. The quantitative estimate of drug-likeness (QED) is 0.742. The molecule has 0 atom stereocenters. The largest absolute Gasteiger partial charge is 0.380 e. The Hall–Kier alpha value is -1.20. The first-order valence-electron chi connectivity index (χ1n) is 5.45. The first-order valence-corrected chi connectivity index (χ1v) is 5.45. The van der Waals surface area contributed by atoms with Crippen LogP contribution >= 0.6 is 0 Å². The summed E-state index contributed by atoms with van der Waals surface area (Å²) in [5.74, 6) is 0.812. The SMILES string of the molecule is COCc1ccnc(N2CC3(COC3)C2)n1. The summed E-state index contributed by atoms with van der Waals surface area (Å²) in [5, 5.41) is 0. The van der Waals surface area contributed by atoms with E-state index in [4.69, 9.17) is 9.47 Å². The van der Waals surface area contributed by atoms with Crippen LogP contribution in [0.5, 0.6) is 0 Å². The summed E-state index contributed by atoms with van der Waals surface area (Å²) in [6.45, 7) is 4.35. The molecule has 1 spiro atoms. The fourth-order valence-corrected chi connectivity index (χ4v) is 2.24. The van der Waals surface area contributed by atoms with Gasteiger partial charge in [0.15, 0.2) is 0 Å². The van der Waals surface area contributed by atoms with Gasteiger partial charge in [0, 0.05) is 26.4 Å². The maximum absolute atomic E-state index is 5.24. The monoisotopic (exact) mass is 221 g/mol. The molecule has 0 amide bonds. The van der Waals surface area contributed by atoms with Gasteiger partial charge in [0.2, 0.25) is 5.95 Å². The zero-order chi connectivity index (χ0) is 11.0. The standard InChI is InChI=1S/C11H15N3O2/c1-15-4-9-2-3-12-10(13-9)14-5-11(6-14)7-16-8-11/h2-3H,4-8H2,1H3. The molecule has 5 nitrogen and oxygen atoms in total. The van der Waals surface area contributed by atoms with Gasteiger partial charge < -0.3 is 14.4 Å². The zero-order valence-electron chi connectivity index (χ0n) is 9.35. The molecule has 3 heterocycles. The minimum absolute atomic E-state index is 0.403. The molecule has 0 bridgehead atoms. The average Bonchev–Trinajstić information content (AvgIpc) is 2.14. The number of ether oxygens (including phenoxy) is 2. The van der Waals surface area contributed by atoms with Crippen LogP contribution in [0.3, 0.4) is 0 Å². The first-order chi connectivity index (χ1) is 7.81. The Morgan fingerprint density at radius 1 is 1.50 bits per heavy atom. The molecule has 86 valence electrons. The lowest BCUT2D eigenvalue weighted by Crippen LogP contribution is -2.66. The molecule has 0 radical (unpaired) electrons. The lowest BCUT2D eigenvalue weighted by Gasteiger charge is -2.54. The second-order valence-electron chi connectivity index (χ2n) is 4.63. The Bertz CT molecular complexity index is 385. The second-order valence-corrected chi connectivity index (χ2v) is 4.63. The van der Waals surface area contributed by atoms with Gasteiger partial charge >= 0.3 is 0 Å². The van der Waals surface area contributed by atoms with Crippen molar-refractivity contribution in [3.05, 3.63) is 18.0 Å². The van der Waals surface area contributed by atoms with Crippen molar-refractivity contribution in [2.75, 3.05) is 38.3 Å². The summed E-state index contributed by atoms with van der Waals surface area (Å²) in [4.78, 5) is 10.9. The van der Waals surface area contributed by atoms with E-state index in [1.165, 1.54) is 0 Å². The maximum atomic E-state index is 5.24. The van der Waals surface area contributed by atoms with Gasteiger partial charge in [-0.15, -0.1) is 0 Å². The van der Waals surface area contributed by atoms with Crippen LogP contribution in [-0.4, -0.2) is 43.4 Å². The van der Waals surface area contributed by atoms with Crippen LogP contribution in [0.2, 0.25) is 0 Å². The molecule has 0 aliphatic carbocycles. The molecule has 2 aliphatic rings. The van der Waals surface area contributed by atoms with E-state index >= 15 is 0 Å². The van der Waals surface area contributed by atoms with E-state index in [0.717, 1.165) is 37.9 Å². The van der Waals surface area contributed by atoms with E-state index in [-0.39, 0.29) is 0 Å². The van der Waals surface area contributed by atoms with Gasteiger partial charge in [0.25, 0.3) is 0 Å². The number of hydrogen-bond acceptors (Lipinski definition) is 5. The Balaban J connectivity index is 1.68. The number of hydrogen-bond donors (Lipinski definition) is 0. The van der Waals surface area contributed by atoms with Crippen LogP contribution in [0, 0.1) is 5.41 Å². The molecule has 3 rings (SSSR count). The Morgan fingerprint density at radius 2 is 2.31 bits per heavy atom. The molecule has 2 saturated heterocycles. The minimum Gasteiger partial charge on any atom is -0.380 e. The zero-order valence-corrected chi connectivity index (χ0v) is 9.35. The number of methoxy groups -OCH3 is 1. The van der Waals surface area contributed by atoms with Crippen LogP contribution in [0.1, 0.15) is 5.69 Å². The van der Waals surface area contributed by atoms with Crippen molar-refractivity contribution < 1.29 is 9.47 Å². The maximum Gasteiger partial charge on any atom is 0.225 e. The smallest absolute Gasteiger partial charge is 0.225 e. The van der Waals surface area contributed by atoms with Gasteiger partial charge in [-0.2, -0.15) is 0 Å². The lowest BCUT2D eigenvalue weighted by molar-refractivity contribution is -0.127. The molecule has 0 N–H and O–H groups in total. The summed E-state index contributed by atoms with van der Waals surface area (Å²) < 4.78 is 10.3. The lowest BCUT2D eigenvalue weighted by atomic mass is 9.78. The van der Waals surface area contributed by atoms with E-state index in [9.17, 15) is 0 Å². The van der Waals surface area contributed by atoms with Crippen molar-refractivity contribution in [2.45, 2.75) is 6.61 Å². The number of rotatable bonds is 3. The summed E-state index contributed by atoms with van der Waals surface area (Å²) >= 11 is 0. The van der Waals surface area contributed by atoms with Crippen molar-refractivity contribution >= 4 is 5.95 Å². The minimum atomic E-state index is 0.403. The molecule has 0 saturated carbocycles. The van der Waals surface area contributed by atoms with Crippen molar-refractivity contribution in [3.63, 3.8) is 0 Å². The van der Waals surface area contributed by atoms with E-state index < -0.39 is 0 Å². The summed E-state index contributed by atoms with van der Waals surface area (Å²) in [7, 11) is 1.67. The van der Waals surface area contributed by atoms with Crippen LogP contribution in [0.15, 0.2) is 12.3 Å².